The van der Waals surface area contributed by atoms with Crippen LogP contribution < -0.4 is 5.76 Å². The fourth-order valence-electron chi connectivity index (χ4n) is 0.550. The van der Waals surface area contributed by atoms with Gasteiger partial charge < -0.3 is 4.52 Å². The molecule has 0 aliphatic heterocycles. The molecule has 0 saturated heterocycles. The molecule has 0 aromatic carbocycles. The molecule has 0 atom stereocenters. The average molecular weight is 142 g/mol. The number of nitrogens with one attached hydrogen (secondary N) is 1. The lowest BCUT2D eigenvalue weighted by molar-refractivity contribution is 0.369. The number of hydrogen-bond donors (Lipinski definition) is 1. The van der Waals surface area contributed by atoms with Gasteiger partial charge in [-0.2, -0.15) is 4.98 Å². The zero-order valence-corrected chi connectivity index (χ0v) is 6.26. The molecule has 0 radical (unpaired) electrons. The Hall–Kier alpha value is -1.06. The number of aromatic amines is 1. The van der Waals surface area contributed by atoms with Crippen LogP contribution >= 0.6 is 0 Å². The van der Waals surface area contributed by atoms with Crippen molar-refractivity contribution in [1.82, 2.24) is 10.1 Å². The summed E-state index contributed by atoms with van der Waals surface area (Å²) in [5, 5.41) is 2.45. The van der Waals surface area contributed by atoms with Crippen molar-refractivity contribution in [3.63, 3.8) is 0 Å². The van der Waals surface area contributed by atoms with Crippen molar-refractivity contribution in [2.45, 2.75) is 26.2 Å². The molecule has 1 aromatic rings. The molecule has 4 nitrogen and oxygen atoms in total. The van der Waals surface area contributed by atoms with Gasteiger partial charge >= 0.3 is 5.76 Å². The second-order valence-corrected chi connectivity index (χ2v) is 3.18. The van der Waals surface area contributed by atoms with Crippen LogP contribution in [-0.4, -0.2) is 10.1 Å². The standard InChI is InChI=1S/C6H10N2O2/c1-6(2,3)4-7-5(9)10-8-4/h1-3H3,(H,7,8,9). The van der Waals surface area contributed by atoms with Crippen LogP contribution in [0.25, 0.3) is 0 Å². The van der Waals surface area contributed by atoms with Crippen molar-refractivity contribution in [1.29, 1.82) is 0 Å². The van der Waals surface area contributed by atoms with Crippen molar-refractivity contribution >= 4 is 0 Å². The zero-order chi connectivity index (χ0) is 7.78. The van der Waals surface area contributed by atoms with Gasteiger partial charge in [0.05, 0.1) is 0 Å². The Morgan fingerprint density at radius 1 is 1.50 bits per heavy atom. The molecule has 1 rings (SSSR count). The van der Waals surface area contributed by atoms with Crippen LogP contribution in [0.2, 0.25) is 0 Å². The highest BCUT2D eigenvalue weighted by molar-refractivity contribution is 4.96. The minimum absolute atomic E-state index is 0.147. The SMILES string of the molecule is CC(C)(C)c1nc(=O)o[nH]1. The third kappa shape index (κ3) is 1.26. The normalized spacial score (nSPS) is 11.9. The monoisotopic (exact) mass is 142 g/mol. The fraction of sp³-hybridized carbons (Fsp3) is 0.667. The largest absolute Gasteiger partial charge is 0.459 e. The first-order chi connectivity index (χ1) is 4.50. The van der Waals surface area contributed by atoms with E-state index in [2.05, 4.69) is 14.7 Å². The molecule has 0 aliphatic rings. The molecule has 0 bridgehead atoms. The second kappa shape index (κ2) is 1.97. The highest BCUT2D eigenvalue weighted by Crippen LogP contribution is 2.15. The second-order valence-electron chi connectivity index (χ2n) is 3.18. The molecular formula is C6H10N2O2. The Bertz CT molecular complexity index is 266. The molecule has 1 N–H and O–H groups in total. The summed E-state index contributed by atoms with van der Waals surface area (Å²) in [5.41, 5.74) is -0.147. The summed E-state index contributed by atoms with van der Waals surface area (Å²) >= 11 is 0. The van der Waals surface area contributed by atoms with E-state index in [1.54, 1.807) is 0 Å². The average Bonchev–Trinajstić information content (AvgIpc) is 2.11. The van der Waals surface area contributed by atoms with E-state index in [1.165, 1.54) is 0 Å². The van der Waals surface area contributed by atoms with Gasteiger partial charge in [0.1, 0.15) is 5.82 Å². The molecular weight excluding hydrogens is 132 g/mol. The van der Waals surface area contributed by atoms with Crippen molar-refractivity contribution in [3.8, 4) is 0 Å². The van der Waals surface area contributed by atoms with Gasteiger partial charge in [-0.3, -0.25) is 0 Å². The topological polar surface area (TPSA) is 58.9 Å². The number of aromatic nitrogens is 2. The van der Waals surface area contributed by atoms with Crippen molar-refractivity contribution < 1.29 is 4.52 Å². The van der Waals surface area contributed by atoms with Crippen molar-refractivity contribution in [2.75, 3.05) is 0 Å². The summed E-state index contributed by atoms with van der Waals surface area (Å²) in [4.78, 5) is 14.0. The third-order valence-corrected chi connectivity index (χ3v) is 1.15. The lowest BCUT2D eigenvalue weighted by atomic mass is 9.96. The number of hydrogen-bond acceptors (Lipinski definition) is 3. The number of H-pyrrole nitrogens is 1. The Labute approximate surface area is 58.2 Å². The van der Waals surface area contributed by atoms with Gasteiger partial charge in [-0.15, -0.1) is 0 Å². The van der Waals surface area contributed by atoms with E-state index in [0.717, 1.165) is 0 Å². The zero-order valence-electron chi connectivity index (χ0n) is 6.26. The van der Waals surface area contributed by atoms with E-state index in [-0.39, 0.29) is 5.41 Å². The Balaban J connectivity index is 3.07. The van der Waals surface area contributed by atoms with Gasteiger partial charge in [-0.05, 0) is 0 Å². The number of rotatable bonds is 0. The summed E-state index contributed by atoms with van der Waals surface area (Å²) in [6, 6.07) is 0. The quantitative estimate of drug-likeness (QED) is 0.578. The van der Waals surface area contributed by atoms with Crippen LogP contribution in [0.3, 0.4) is 0 Å². The summed E-state index contributed by atoms with van der Waals surface area (Å²) in [6.07, 6.45) is 0. The van der Waals surface area contributed by atoms with E-state index in [0.29, 0.717) is 5.82 Å². The molecule has 0 saturated carbocycles. The first-order valence-corrected chi connectivity index (χ1v) is 3.06. The lowest BCUT2D eigenvalue weighted by Crippen LogP contribution is -2.14. The molecule has 4 heteroatoms. The molecule has 0 amide bonds. The first-order valence-electron chi connectivity index (χ1n) is 3.06. The van der Waals surface area contributed by atoms with Gasteiger partial charge in [0.15, 0.2) is 0 Å². The van der Waals surface area contributed by atoms with Crippen LogP contribution in [0.1, 0.15) is 26.6 Å². The van der Waals surface area contributed by atoms with E-state index >= 15 is 0 Å². The van der Waals surface area contributed by atoms with Gasteiger partial charge in [-0.25, -0.2) is 9.95 Å². The van der Waals surface area contributed by atoms with Crippen molar-refractivity contribution in [3.05, 3.63) is 16.4 Å². The maximum absolute atomic E-state index is 10.4. The Kier molecular flexibility index (Phi) is 1.39. The van der Waals surface area contributed by atoms with Gasteiger partial charge in [0, 0.05) is 5.41 Å². The third-order valence-electron chi connectivity index (χ3n) is 1.15. The smallest absolute Gasteiger partial charge is 0.321 e. The van der Waals surface area contributed by atoms with Crippen LogP contribution in [-0.2, 0) is 5.41 Å². The summed E-state index contributed by atoms with van der Waals surface area (Å²) < 4.78 is 4.40. The van der Waals surface area contributed by atoms with E-state index in [1.807, 2.05) is 20.8 Å². The van der Waals surface area contributed by atoms with Crippen LogP contribution in [0, 0.1) is 0 Å². The minimum atomic E-state index is -0.565. The van der Waals surface area contributed by atoms with Crippen LogP contribution in [0.4, 0.5) is 0 Å². The van der Waals surface area contributed by atoms with Crippen LogP contribution in [0.15, 0.2) is 9.32 Å². The van der Waals surface area contributed by atoms with E-state index < -0.39 is 5.76 Å². The predicted octanol–water partition coefficient (Wildman–Crippen LogP) is 0.660. The summed E-state index contributed by atoms with van der Waals surface area (Å²) in [7, 11) is 0. The first kappa shape index (κ1) is 7.05. The maximum atomic E-state index is 10.4. The van der Waals surface area contributed by atoms with E-state index in [4.69, 9.17) is 0 Å². The molecule has 0 fully saturated rings. The van der Waals surface area contributed by atoms with Crippen LogP contribution in [0.5, 0.6) is 0 Å². The molecule has 1 aromatic heterocycles. The van der Waals surface area contributed by atoms with E-state index in [9.17, 15) is 4.79 Å². The number of nitrogens with zero attached hydrogens (tertiary/aromatic N) is 1. The highest BCUT2D eigenvalue weighted by atomic mass is 16.5. The van der Waals surface area contributed by atoms with Gasteiger partial charge in [0.2, 0.25) is 0 Å². The molecule has 10 heavy (non-hydrogen) atoms. The lowest BCUT2D eigenvalue weighted by Gasteiger charge is -2.11. The molecule has 0 aliphatic carbocycles. The fourth-order valence-corrected chi connectivity index (χ4v) is 0.550. The Morgan fingerprint density at radius 2 is 2.10 bits per heavy atom. The predicted molar refractivity (Wildman–Crippen MR) is 35.8 cm³/mol. The Morgan fingerprint density at radius 3 is 2.30 bits per heavy atom. The highest BCUT2D eigenvalue weighted by Gasteiger charge is 2.18. The van der Waals surface area contributed by atoms with Crippen molar-refractivity contribution in [2.24, 2.45) is 0 Å². The minimum Gasteiger partial charge on any atom is -0.321 e. The summed E-state index contributed by atoms with van der Waals surface area (Å²) in [6.45, 7) is 5.84. The molecule has 1 heterocycles. The van der Waals surface area contributed by atoms with Gasteiger partial charge in [-0.1, -0.05) is 20.8 Å². The van der Waals surface area contributed by atoms with Gasteiger partial charge in [0.25, 0.3) is 0 Å². The molecule has 0 unspecified atom stereocenters. The summed E-state index contributed by atoms with van der Waals surface area (Å²) in [5.74, 6) is 0.0161. The maximum Gasteiger partial charge on any atom is 0.459 e. The molecule has 56 valence electrons. The molecule has 0 spiro atoms.